The summed E-state index contributed by atoms with van der Waals surface area (Å²) in [5.74, 6) is -0.658. The molecule has 208 valence electrons. The third-order valence-corrected chi connectivity index (χ3v) is 8.10. The van der Waals surface area contributed by atoms with Crippen LogP contribution in [0.15, 0.2) is 42.6 Å². The summed E-state index contributed by atoms with van der Waals surface area (Å²) >= 11 is 0. The third kappa shape index (κ3) is 6.42. The molecule has 1 amide bonds. The van der Waals surface area contributed by atoms with Crippen LogP contribution in [0.25, 0.3) is 0 Å². The van der Waals surface area contributed by atoms with E-state index in [0.717, 1.165) is 16.7 Å². The molecule has 8 nitrogen and oxygen atoms in total. The molecule has 3 aromatic rings. The van der Waals surface area contributed by atoms with Crippen molar-refractivity contribution in [1.29, 1.82) is 0 Å². The lowest BCUT2D eigenvalue weighted by Gasteiger charge is -2.18. The molecule has 1 aliphatic rings. The number of amides is 1. The molecule has 4 rings (SSSR count). The lowest BCUT2D eigenvalue weighted by atomic mass is 9.93. The fourth-order valence-corrected chi connectivity index (χ4v) is 6.08. The van der Waals surface area contributed by atoms with Gasteiger partial charge in [0, 0.05) is 38.3 Å². The van der Waals surface area contributed by atoms with Crippen LogP contribution < -0.4 is 10.6 Å². The molecule has 2 N–H and O–H groups in total. The van der Waals surface area contributed by atoms with Gasteiger partial charge in [-0.05, 0) is 47.7 Å². The van der Waals surface area contributed by atoms with Crippen molar-refractivity contribution in [3.05, 3.63) is 70.4 Å². The van der Waals surface area contributed by atoms with Crippen LogP contribution in [0.1, 0.15) is 59.3 Å². The molecular formula is C27H31F3N5O3P. The minimum Gasteiger partial charge on any atom is -0.339 e. The Kier molecular flexibility index (Phi) is 8.04. The Morgan fingerprint density at radius 3 is 2.44 bits per heavy atom. The van der Waals surface area contributed by atoms with Crippen molar-refractivity contribution in [2.24, 2.45) is 0 Å². The quantitative estimate of drug-likeness (QED) is 0.268. The highest BCUT2D eigenvalue weighted by molar-refractivity contribution is 7.57. The van der Waals surface area contributed by atoms with E-state index in [4.69, 9.17) is 4.52 Å². The molecule has 1 aromatic heterocycles. The normalized spacial score (nSPS) is 14.9. The van der Waals surface area contributed by atoms with E-state index < -0.39 is 24.9 Å². The number of hydrogen-bond acceptors (Lipinski definition) is 7. The largest absolute Gasteiger partial charge is 0.421 e. The second-order valence-electron chi connectivity index (χ2n) is 9.86. The molecule has 0 fully saturated rings. The van der Waals surface area contributed by atoms with Gasteiger partial charge in [0.05, 0.1) is 17.9 Å². The maximum Gasteiger partial charge on any atom is 0.421 e. The maximum absolute atomic E-state index is 13.9. The zero-order valence-corrected chi connectivity index (χ0v) is 23.3. The number of carbonyl (C=O) groups is 1. The first-order valence-electron chi connectivity index (χ1n) is 12.5. The molecule has 1 atom stereocenters. The van der Waals surface area contributed by atoms with Crippen LogP contribution in [0.3, 0.4) is 0 Å². The summed E-state index contributed by atoms with van der Waals surface area (Å²) in [6.07, 6.45) is -3.75. The van der Waals surface area contributed by atoms with Gasteiger partial charge < -0.3 is 20.1 Å². The first-order valence-corrected chi connectivity index (χ1v) is 14.7. The van der Waals surface area contributed by atoms with Crippen LogP contribution in [0.5, 0.6) is 0 Å². The van der Waals surface area contributed by atoms with E-state index >= 15 is 0 Å². The van der Waals surface area contributed by atoms with Gasteiger partial charge in [0.1, 0.15) is 11.4 Å². The SMILES string of the molecule is CCOP(C)(=O)Cc1ccc(Nc2ncc(C(F)(F)F)c(Nc3ccc(C(C)C)c4c3C(=O)N(C)C4)n2)cc1. The van der Waals surface area contributed by atoms with Gasteiger partial charge in [0.15, 0.2) is 0 Å². The monoisotopic (exact) mass is 561 g/mol. The Hall–Kier alpha value is -3.43. The number of anilines is 4. The van der Waals surface area contributed by atoms with Gasteiger partial charge in [0.25, 0.3) is 5.91 Å². The van der Waals surface area contributed by atoms with Crippen molar-refractivity contribution in [2.75, 3.05) is 31.0 Å². The Morgan fingerprint density at radius 1 is 1.13 bits per heavy atom. The molecule has 1 unspecified atom stereocenters. The fourth-order valence-electron chi connectivity index (χ4n) is 4.57. The van der Waals surface area contributed by atoms with Crippen LogP contribution in [-0.4, -0.2) is 41.1 Å². The summed E-state index contributed by atoms with van der Waals surface area (Å²) in [6, 6.07) is 10.3. The Labute approximate surface area is 225 Å². The number of aromatic nitrogens is 2. The predicted molar refractivity (Wildman–Crippen MR) is 145 cm³/mol. The van der Waals surface area contributed by atoms with Gasteiger partial charge in [-0.25, -0.2) is 4.98 Å². The number of fused-ring (bicyclic) bond motifs is 1. The molecule has 12 heteroatoms. The maximum atomic E-state index is 13.9. The second-order valence-corrected chi connectivity index (χ2v) is 12.5. The Bertz CT molecular complexity index is 1430. The van der Waals surface area contributed by atoms with Crippen molar-refractivity contribution in [2.45, 2.75) is 45.6 Å². The number of carbonyl (C=O) groups excluding carboxylic acids is 1. The van der Waals surface area contributed by atoms with Gasteiger partial charge in [-0.2, -0.15) is 18.2 Å². The van der Waals surface area contributed by atoms with Crippen molar-refractivity contribution >= 4 is 36.4 Å². The van der Waals surface area contributed by atoms with Crippen molar-refractivity contribution in [1.82, 2.24) is 14.9 Å². The summed E-state index contributed by atoms with van der Waals surface area (Å²) < 4.78 is 59.4. The molecule has 39 heavy (non-hydrogen) atoms. The standard InChI is InChI=1S/C27H31F3N5O3P/c1-6-38-39(5,37)15-17-7-9-18(10-8-17)32-26-31-13-21(27(28,29)30)24(34-26)33-22-12-11-19(16(2)3)20-14-35(4)25(36)23(20)22/h7-13,16H,6,14-15H2,1-5H3,(H2,31,32,33,34). The van der Waals surface area contributed by atoms with Crippen LogP contribution in [0, 0.1) is 0 Å². The van der Waals surface area contributed by atoms with Gasteiger partial charge in [-0.3, -0.25) is 9.36 Å². The number of rotatable bonds is 9. The highest BCUT2D eigenvalue weighted by Crippen LogP contribution is 2.46. The predicted octanol–water partition coefficient (Wildman–Crippen LogP) is 7.14. The average Bonchev–Trinajstić information content (AvgIpc) is 3.14. The van der Waals surface area contributed by atoms with Gasteiger partial charge in [0.2, 0.25) is 13.3 Å². The van der Waals surface area contributed by atoms with Gasteiger partial charge >= 0.3 is 6.18 Å². The second kappa shape index (κ2) is 11.0. The smallest absolute Gasteiger partial charge is 0.339 e. The Balaban J connectivity index is 1.64. The molecule has 2 aromatic carbocycles. The van der Waals surface area contributed by atoms with E-state index in [1.807, 2.05) is 19.9 Å². The van der Waals surface area contributed by atoms with Gasteiger partial charge in [-0.1, -0.05) is 32.0 Å². The number of nitrogens with zero attached hydrogens (tertiary/aromatic N) is 3. The molecule has 0 saturated carbocycles. The molecular weight excluding hydrogens is 530 g/mol. The zero-order chi connectivity index (χ0) is 28.5. The summed E-state index contributed by atoms with van der Waals surface area (Å²) in [7, 11) is -1.11. The van der Waals surface area contributed by atoms with Gasteiger partial charge in [-0.15, -0.1) is 0 Å². The van der Waals surface area contributed by atoms with Crippen LogP contribution in [0.2, 0.25) is 0 Å². The van der Waals surface area contributed by atoms with E-state index in [2.05, 4.69) is 20.6 Å². The number of alkyl halides is 3. The van der Waals surface area contributed by atoms with Crippen molar-refractivity contribution in [3.8, 4) is 0 Å². The topological polar surface area (TPSA) is 96.4 Å². The van der Waals surface area contributed by atoms with E-state index in [0.29, 0.717) is 30.6 Å². The molecule has 0 spiro atoms. The summed E-state index contributed by atoms with van der Waals surface area (Å²) in [6.45, 7) is 8.09. The first-order chi connectivity index (χ1) is 18.3. The highest BCUT2D eigenvalue weighted by Gasteiger charge is 2.37. The van der Waals surface area contributed by atoms with Crippen molar-refractivity contribution in [3.63, 3.8) is 0 Å². The average molecular weight is 562 g/mol. The number of benzene rings is 2. The number of halogens is 3. The minimum atomic E-state index is -4.72. The van der Waals surface area contributed by atoms with Crippen LogP contribution in [-0.2, 0) is 28.0 Å². The number of hydrogen-bond donors (Lipinski definition) is 2. The number of nitrogens with one attached hydrogen (secondary N) is 2. The van der Waals surface area contributed by atoms with Crippen LogP contribution in [0.4, 0.5) is 36.3 Å². The molecule has 0 bridgehead atoms. The van der Waals surface area contributed by atoms with E-state index in [1.165, 1.54) is 4.90 Å². The molecule has 2 heterocycles. The fraction of sp³-hybridized carbons (Fsp3) is 0.370. The summed E-state index contributed by atoms with van der Waals surface area (Å²) in [5.41, 5.74) is 2.64. The van der Waals surface area contributed by atoms with E-state index in [1.54, 1.807) is 51.0 Å². The van der Waals surface area contributed by atoms with E-state index in [9.17, 15) is 22.5 Å². The summed E-state index contributed by atoms with van der Waals surface area (Å²) in [5, 5.41) is 5.68. The molecule has 0 radical (unpaired) electrons. The lowest BCUT2D eigenvalue weighted by molar-refractivity contribution is -0.137. The van der Waals surface area contributed by atoms with Crippen molar-refractivity contribution < 1.29 is 27.1 Å². The summed E-state index contributed by atoms with van der Waals surface area (Å²) in [4.78, 5) is 22.4. The molecule has 0 aliphatic carbocycles. The molecule has 0 saturated heterocycles. The zero-order valence-electron chi connectivity index (χ0n) is 22.4. The minimum absolute atomic E-state index is 0.0624. The van der Waals surface area contributed by atoms with Crippen LogP contribution >= 0.6 is 7.37 Å². The lowest BCUT2D eigenvalue weighted by Crippen LogP contribution is -2.18. The molecule has 1 aliphatic heterocycles. The third-order valence-electron chi connectivity index (χ3n) is 6.36. The highest BCUT2D eigenvalue weighted by atomic mass is 31.2. The van der Waals surface area contributed by atoms with E-state index in [-0.39, 0.29) is 29.6 Å². The Morgan fingerprint density at radius 2 is 1.82 bits per heavy atom. The first kappa shape index (κ1) is 28.6.